The van der Waals surface area contributed by atoms with Crippen LogP contribution >= 0.6 is 0 Å². The van der Waals surface area contributed by atoms with Gasteiger partial charge in [0, 0.05) is 12.1 Å². The third kappa shape index (κ3) is 4.35. The molecule has 22 heavy (non-hydrogen) atoms. The number of carbonyl (C=O) groups excluding carboxylic acids is 1. The molecule has 0 atom stereocenters. The van der Waals surface area contributed by atoms with E-state index >= 15 is 0 Å². The molecule has 0 spiro atoms. The van der Waals surface area contributed by atoms with Crippen molar-refractivity contribution in [2.45, 2.75) is 19.9 Å². The number of amides is 1. The smallest absolute Gasteiger partial charge is 0.251 e. The van der Waals surface area contributed by atoms with E-state index in [1.807, 2.05) is 30.3 Å². The van der Waals surface area contributed by atoms with Crippen LogP contribution in [0.25, 0.3) is 0 Å². The molecule has 0 bridgehead atoms. The molecular formula is C18H18N2O2. The fraction of sp³-hybridized carbons (Fsp3) is 0.222. The number of carbonyl (C=O) groups is 1. The lowest BCUT2D eigenvalue weighted by Crippen LogP contribution is -2.22. The quantitative estimate of drug-likeness (QED) is 0.889. The largest absolute Gasteiger partial charge is 0.494 e. The summed E-state index contributed by atoms with van der Waals surface area (Å²) in [5, 5.41) is 11.7. The molecule has 1 amide bonds. The Labute approximate surface area is 130 Å². The lowest BCUT2D eigenvalue weighted by Gasteiger charge is -2.08. The van der Waals surface area contributed by atoms with Crippen LogP contribution in [0.5, 0.6) is 5.75 Å². The predicted molar refractivity (Wildman–Crippen MR) is 84.6 cm³/mol. The summed E-state index contributed by atoms with van der Waals surface area (Å²) in [4.78, 5) is 12.0. The van der Waals surface area contributed by atoms with Crippen molar-refractivity contribution in [1.29, 1.82) is 5.26 Å². The molecule has 0 radical (unpaired) electrons. The molecule has 2 aromatic carbocycles. The standard InChI is InChI=1S/C18H18N2O2/c1-2-10-22-17-8-6-14(7-9-17)13-20-18(21)16-5-3-4-15(11-16)12-19/h3-9,11H,2,10,13H2,1H3,(H,20,21). The van der Waals surface area contributed by atoms with E-state index in [-0.39, 0.29) is 5.91 Å². The van der Waals surface area contributed by atoms with Gasteiger partial charge in [0.15, 0.2) is 0 Å². The number of hydrogen-bond donors (Lipinski definition) is 1. The Hall–Kier alpha value is -2.80. The number of rotatable bonds is 6. The normalized spacial score (nSPS) is 9.82. The second kappa shape index (κ2) is 7.84. The van der Waals surface area contributed by atoms with Crippen LogP contribution in [-0.4, -0.2) is 12.5 Å². The molecule has 0 unspecified atom stereocenters. The molecule has 0 aliphatic rings. The summed E-state index contributed by atoms with van der Waals surface area (Å²) < 4.78 is 5.51. The average molecular weight is 294 g/mol. The molecule has 2 rings (SSSR count). The molecule has 0 saturated carbocycles. The van der Waals surface area contributed by atoms with Gasteiger partial charge in [0.1, 0.15) is 5.75 Å². The zero-order valence-corrected chi connectivity index (χ0v) is 12.5. The second-order valence-electron chi connectivity index (χ2n) is 4.87. The summed E-state index contributed by atoms with van der Waals surface area (Å²) in [7, 11) is 0. The summed E-state index contributed by atoms with van der Waals surface area (Å²) >= 11 is 0. The highest BCUT2D eigenvalue weighted by molar-refractivity contribution is 5.94. The number of hydrogen-bond acceptors (Lipinski definition) is 3. The highest BCUT2D eigenvalue weighted by Gasteiger charge is 2.06. The Kier molecular flexibility index (Phi) is 5.56. The van der Waals surface area contributed by atoms with Gasteiger partial charge >= 0.3 is 0 Å². The van der Waals surface area contributed by atoms with Gasteiger partial charge in [0.25, 0.3) is 5.91 Å². The first-order valence-corrected chi connectivity index (χ1v) is 7.23. The maximum Gasteiger partial charge on any atom is 0.251 e. The second-order valence-corrected chi connectivity index (χ2v) is 4.87. The maximum atomic E-state index is 12.0. The number of nitrogens with one attached hydrogen (secondary N) is 1. The van der Waals surface area contributed by atoms with E-state index in [1.54, 1.807) is 24.3 Å². The van der Waals surface area contributed by atoms with Crippen molar-refractivity contribution in [3.8, 4) is 11.8 Å². The maximum absolute atomic E-state index is 12.0. The molecule has 1 N–H and O–H groups in total. The monoisotopic (exact) mass is 294 g/mol. The number of benzene rings is 2. The van der Waals surface area contributed by atoms with Crippen LogP contribution in [0, 0.1) is 11.3 Å². The highest BCUT2D eigenvalue weighted by atomic mass is 16.5. The number of nitrogens with zero attached hydrogens (tertiary/aromatic N) is 1. The molecule has 0 aliphatic carbocycles. The zero-order valence-electron chi connectivity index (χ0n) is 12.5. The van der Waals surface area contributed by atoms with Crippen molar-refractivity contribution >= 4 is 5.91 Å². The van der Waals surface area contributed by atoms with E-state index in [0.717, 1.165) is 17.7 Å². The lowest BCUT2D eigenvalue weighted by molar-refractivity contribution is 0.0951. The van der Waals surface area contributed by atoms with Gasteiger partial charge in [-0.2, -0.15) is 5.26 Å². The Morgan fingerprint density at radius 2 is 2.00 bits per heavy atom. The Morgan fingerprint density at radius 1 is 1.23 bits per heavy atom. The molecule has 4 nitrogen and oxygen atoms in total. The van der Waals surface area contributed by atoms with Crippen LogP contribution in [0.2, 0.25) is 0 Å². The molecule has 0 aliphatic heterocycles. The lowest BCUT2D eigenvalue weighted by atomic mass is 10.1. The Balaban J connectivity index is 1.92. The van der Waals surface area contributed by atoms with E-state index in [9.17, 15) is 4.79 Å². The SMILES string of the molecule is CCCOc1ccc(CNC(=O)c2cccc(C#N)c2)cc1. The van der Waals surface area contributed by atoms with Crippen molar-refractivity contribution in [1.82, 2.24) is 5.32 Å². The van der Waals surface area contributed by atoms with Gasteiger partial charge in [-0.1, -0.05) is 25.1 Å². The van der Waals surface area contributed by atoms with Gasteiger partial charge < -0.3 is 10.1 Å². The summed E-state index contributed by atoms with van der Waals surface area (Å²) in [6.07, 6.45) is 0.972. The minimum Gasteiger partial charge on any atom is -0.494 e. The zero-order chi connectivity index (χ0) is 15.8. The molecular weight excluding hydrogens is 276 g/mol. The molecule has 2 aromatic rings. The van der Waals surface area contributed by atoms with Crippen molar-refractivity contribution < 1.29 is 9.53 Å². The predicted octanol–water partition coefficient (Wildman–Crippen LogP) is 3.28. The van der Waals surface area contributed by atoms with Crippen molar-refractivity contribution in [3.63, 3.8) is 0 Å². The Morgan fingerprint density at radius 3 is 2.68 bits per heavy atom. The third-order valence-electron chi connectivity index (χ3n) is 3.10. The first-order valence-electron chi connectivity index (χ1n) is 7.23. The van der Waals surface area contributed by atoms with E-state index in [1.165, 1.54) is 0 Å². The summed E-state index contributed by atoms with van der Waals surface area (Å²) in [6.45, 7) is 3.19. The molecule has 0 fully saturated rings. The minimum atomic E-state index is -0.191. The minimum absolute atomic E-state index is 0.191. The van der Waals surface area contributed by atoms with Gasteiger partial charge in [-0.3, -0.25) is 4.79 Å². The van der Waals surface area contributed by atoms with Gasteiger partial charge in [0.2, 0.25) is 0 Å². The first kappa shape index (κ1) is 15.6. The van der Waals surface area contributed by atoms with Crippen molar-refractivity contribution in [2.75, 3.05) is 6.61 Å². The number of nitriles is 1. The van der Waals surface area contributed by atoms with Gasteiger partial charge in [0.05, 0.1) is 18.2 Å². The summed E-state index contributed by atoms with van der Waals surface area (Å²) in [5.74, 6) is 0.641. The third-order valence-corrected chi connectivity index (χ3v) is 3.10. The van der Waals surface area contributed by atoms with Crippen LogP contribution in [0.4, 0.5) is 0 Å². The van der Waals surface area contributed by atoms with Crippen molar-refractivity contribution in [2.24, 2.45) is 0 Å². The van der Waals surface area contributed by atoms with Crippen molar-refractivity contribution in [3.05, 3.63) is 65.2 Å². The van der Waals surface area contributed by atoms with Crippen LogP contribution in [0.15, 0.2) is 48.5 Å². The fourth-order valence-corrected chi connectivity index (χ4v) is 1.94. The van der Waals surface area contributed by atoms with Crippen LogP contribution in [0.3, 0.4) is 0 Å². The average Bonchev–Trinajstić information content (AvgIpc) is 2.58. The summed E-state index contributed by atoms with van der Waals surface area (Å²) in [6, 6.07) is 16.3. The highest BCUT2D eigenvalue weighted by Crippen LogP contribution is 2.12. The van der Waals surface area contributed by atoms with Crippen LogP contribution in [-0.2, 0) is 6.54 Å². The molecule has 0 saturated heterocycles. The van der Waals surface area contributed by atoms with Gasteiger partial charge in [-0.25, -0.2) is 0 Å². The molecule has 4 heteroatoms. The van der Waals surface area contributed by atoms with Crippen LogP contribution < -0.4 is 10.1 Å². The first-order chi connectivity index (χ1) is 10.7. The topological polar surface area (TPSA) is 62.1 Å². The Bertz CT molecular complexity index is 672. The fourth-order valence-electron chi connectivity index (χ4n) is 1.94. The van der Waals surface area contributed by atoms with E-state index < -0.39 is 0 Å². The van der Waals surface area contributed by atoms with E-state index in [4.69, 9.17) is 10.00 Å². The molecule has 0 aromatic heterocycles. The van der Waals surface area contributed by atoms with Crippen LogP contribution in [0.1, 0.15) is 34.8 Å². The summed E-state index contributed by atoms with van der Waals surface area (Å²) in [5.41, 5.74) is 1.96. The van der Waals surface area contributed by atoms with E-state index in [0.29, 0.717) is 24.3 Å². The number of ether oxygens (including phenoxy) is 1. The van der Waals surface area contributed by atoms with Gasteiger partial charge in [-0.05, 0) is 42.3 Å². The molecule has 112 valence electrons. The van der Waals surface area contributed by atoms with E-state index in [2.05, 4.69) is 12.2 Å². The van der Waals surface area contributed by atoms with Gasteiger partial charge in [-0.15, -0.1) is 0 Å². The molecule has 0 heterocycles.